The van der Waals surface area contributed by atoms with Gasteiger partial charge in [-0.1, -0.05) is 11.6 Å². The van der Waals surface area contributed by atoms with E-state index in [1.54, 1.807) is 30.1 Å². The third kappa shape index (κ3) is 4.13. The molecule has 2 heterocycles. The van der Waals surface area contributed by atoms with Gasteiger partial charge in [-0.05, 0) is 37.1 Å². The van der Waals surface area contributed by atoms with Crippen LogP contribution in [0.15, 0.2) is 30.6 Å². The molecule has 7 nitrogen and oxygen atoms in total. The normalized spacial score (nSPS) is 18.5. The van der Waals surface area contributed by atoms with E-state index in [0.29, 0.717) is 22.9 Å². The molecule has 1 atom stereocenters. The largest absolute Gasteiger partial charge is 0.354 e. The van der Waals surface area contributed by atoms with Crippen LogP contribution in [0.1, 0.15) is 22.5 Å². The third-order valence-corrected chi connectivity index (χ3v) is 6.41. The van der Waals surface area contributed by atoms with Gasteiger partial charge in [0.05, 0.1) is 23.9 Å². The van der Waals surface area contributed by atoms with E-state index in [4.69, 9.17) is 11.6 Å². The lowest BCUT2D eigenvalue weighted by molar-refractivity contribution is 0.102. The highest BCUT2D eigenvalue weighted by molar-refractivity contribution is 7.91. The number of nitrogens with one attached hydrogen (secondary N) is 1. The molecule has 1 saturated heterocycles. The van der Waals surface area contributed by atoms with Crippen molar-refractivity contribution in [3.8, 4) is 0 Å². The number of halogens is 1. The number of carbonyl (C=O) groups is 1. The Kier molecular flexibility index (Phi) is 5.15. The number of nitrogens with zero attached hydrogens (tertiary/aromatic N) is 3. The van der Waals surface area contributed by atoms with Crippen molar-refractivity contribution in [3.05, 3.63) is 46.9 Å². The monoisotopic (exact) mass is 394 g/mol. The molecule has 1 aromatic heterocycles. The molecule has 0 bridgehead atoms. The molecule has 1 N–H and O–H groups in total. The van der Waals surface area contributed by atoms with Crippen molar-refractivity contribution >= 4 is 38.9 Å². The van der Waals surface area contributed by atoms with Crippen molar-refractivity contribution in [3.63, 3.8) is 0 Å². The van der Waals surface area contributed by atoms with Gasteiger partial charge in [-0.25, -0.2) is 18.4 Å². The van der Waals surface area contributed by atoms with Gasteiger partial charge >= 0.3 is 0 Å². The second-order valence-corrected chi connectivity index (χ2v) is 9.01. The van der Waals surface area contributed by atoms with Crippen LogP contribution in [0.3, 0.4) is 0 Å². The van der Waals surface area contributed by atoms with Crippen molar-refractivity contribution in [1.82, 2.24) is 9.97 Å². The number of rotatable bonds is 4. The molecule has 3 rings (SSSR count). The van der Waals surface area contributed by atoms with E-state index in [-0.39, 0.29) is 29.1 Å². The summed E-state index contributed by atoms with van der Waals surface area (Å²) in [6.45, 7) is 1.85. The standard InChI is InChI=1S/C17H19ClN4O3S/c1-11-7-12(18)3-4-14(11)21-17(23)15-8-20-16(9-19-15)22(2)13-5-6-26(24,25)10-13/h3-4,7-9,13H,5-6,10H2,1-2H3,(H,21,23). The molecule has 0 spiro atoms. The highest BCUT2D eigenvalue weighted by Gasteiger charge is 2.31. The number of aryl methyl sites for hydroxylation is 1. The van der Waals surface area contributed by atoms with Crippen LogP contribution in [0.25, 0.3) is 0 Å². The summed E-state index contributed by atoms with van der Waals surface area (Å²) in [6, 6.07) is 5.07. The van der Waals surface area contributed by atoms with Crippen LogP contribution in [0.4, 0.5) is 11.5 Å². The Morgan fingerprint density at radius 3 is 2.65 bits per heavy atom. The number of amides is 1. The molecule has 1 aliphatic heterocycles. The number of hydrogen-bond donors (Lipinski definition) is 1. The quantitative estimate of drug-likeness (QED) is 0.855. The maximum atomic E-state index is 12.3. The first-order valence-electron chi connectivity index (χ1n) is 8.08. The molecule has 1 fully saturated rings. The minimum atomic E-state index is -2.98. The Hall–Kier alpha value is -2.19. The van der Waals surface area contributed by atoms with Crippen molar-refractivity contribution in [2.45, 2.75) is 19.4 Å². The van der Waals surface area contributed by atoms with Gasteiger partial charge in [0.2, 0.25) is 0 Å². The Bertz CT molecular complexity index is 932. The van der Waals surface area contributed by atoms with Crippen molar-refractivity contribution in [2.75, 3.05) is 28.8 Å². The van der Waals surface area contributed by atoms with Gasteiger partial charge < -0.3 is 10.2 Å². The van der Waals surface area contributed by atoms with Crippen molar-refractivity contribution in [1.29, 1.82) is 0 Å². The minimum absolute atomic E-state index is 0.114. The predicted molar refractivity (Wildman–Crippen MR) is 102 cm³/mol. The van der Waals surface area contributed by atoms with Crippen LogP contribution in [0.5, 0.6) is 0 Å². The van der Waals surface area contributed by atoms with Gasteiger partial charge in [-0.2, -0.15) is 0 Å². The van der Waals surface area contributed by atoms with Crippen LogP contribution in [0.2, 0.25) is 5.02 Å². The molecule has 0 radical (unpaired) electrons. The van der Waals surface area contributed by atoms with E-state index < -0.39 is 9.84 Å². The lowest BCUT2D eigenvalue weighted by Crippen LogP contribution is -2.33. The predicted octanol–water partition coefficient (Wildman–Crippen LogP) is 2.31. The van der Waals surface area contributed by atoms with Crippen LogP contribution in [-0.4, -0.2) is 48.9 Å². The lowest BCUT2D eigenvalue weighted by Gasteiger charge is -2.24. The van der Waals surface area contributed by atoms with E-state index in [1.165, 1.54) is 12.4 Å². The lowest BCUT2D eigenvalue weighted by atomic mass is 10.2. The van der Waals surface area contributed by atoms with E-state index >= 15 is 0 Å². The fraction of sp³-hybridized carbons (Fsp3) is 0.353. The Balaban J connectivity index is 1.70. The summed E-state index contributed by atoms with van der Waals surface area (Å²) in [7, 11) is -1.19. The second kappa shape index (κ2) is 7.20. The number of sulfone groups is 1. The second-order valence-electron chi connectivity index (χ2n) is 6.34. The summed E-state index contributed by atoms with van der Waals surface area (Å²) in [6.07, 6.45) is 3.43. The summed E-state index contributed by atoms with van der Waals surface area (Å²) in [5.41, 5.74) is 1.67. The van der Waals surface area contributed by atoms with Gasteiger partial charge in [0.1, 0.15) is 11.5 Å². The van der Waals surface area contributed by atoms with Gasteiger partial charge in [0.15, 0.2) is 9.84 Å². The molecular formula is C17H19ClN4O3S. The summed E-state index contributed by atoms with van der Waals surface area (Å²) in [4.78, 5) is 22.5. The zero-order chi connectivity index (χ0) is 18.9. The average Bonchev–Trinajstić information content (AvgIpc) is 2.97. The van der Waals surface area contributed by atoms with E-state index in [9.17, 15) is 13.2 Å². The third-order valence-electron chi connectivity index (χ3n) is 4.42. The molecular weight excluding hydrogens is 376 g/mol. The van der Waals surface area contributed by atoms with Crippen LogP contribution in [-0.2, 0) is 9.84 Å². The Labute approximate surface area is 157 Å². The first-order valence-corrected chi connectivity index (χ1v) is 10.3. The fourth-order valence-electron chi connectivity index (χ4n) is 2.84. The molecule has 138 valence electrons. The van der Waals surface area contributed by atoms with Crippen LogP contribution < -0.4 is 10.2 Å². The van der Waals surface area contributed by atoms with Crippen LogP contribution >= 0.6 is 11.6 Å². The Morgan fingerprint density at radius 2 is 2.08 bits per heavy atom. The zero-order valence-corrected chi connectivity index (χ0v) is 16.0. The molecule has 9 heteroatoms. The molecule has 1 aliphatic rings. The molecule has 0 saturated carbocycles. The summed E-state index contributed by atoms with van der Waals surface area (Å²) < 4.78 is 23.2. The molecule has 1 amide bonds. The summed E-state index contributed by atoms with van der Waals surface area (Å²) >= 11 is 5.91. The van der Waals surface area contributed by atoms with Crippen LogP contribution in [0, 0.1) is 6.92 Å². The molecule has 26 heavy (non-hydrogen) atoms. The highest BCUT2D eigenvalue weighted by atomic mass is 35.5. The number of carbonyl (C=O) groups excluding carboxylic acids is 1. The first-order chi connectivity index (χ1) is 12.2. The summed E-state index contributed by atoms with van der Waals surface area (Å²) in [5.74, 6) is 0.464. The molecule has 1 unspecified atom stereocenters. The van der Waals surface area contributed by atoms with Gasteiger partial charge in [0.25, 0.3) is 5.91 Å². The van der Waals surface area contributed by atoms with Gasteiger partial charge in [-0.3, -0.25) is 4.79 Å². The first kappa shape index (κ1) is 18.6. The smallest absolute Gasteiger partial charge is 0.275 e. The van der Waals surface area contributed by atoms with E-state index in [2.05, 4.69) is 15.3 Å². The maximum Gasteiger partial charge on any atom is 0.275 e. The van der Waals surface area contributed by atoms with Crippen molar-refractivity contribution < 1.29 is 13.2 Å². The van der Waals surface area contributed by atoms with E-state index in [0.717, 1.165) is 5.56 Å². The highest BCUT2D eigenvalue weighted by Crippen LogP contribution is 2.22. The van der Waals surface area contributed by atoms with Crippen molar-refractivity contribution in [2.24, 2.45) is 0 Å². The minimum Gasteiger partial charge on any atom is -0.354 e. The topological polar surface area (TPSA) is 92.3 Å². The fourth-order valence-corrected chi connectivity index (χ4v) is 4.84. The molecule has 1 aromatic carbocycles. The summed E-state index contributed by atoms with van der Waals surface area (Å²) in [5, 5.41) is 3.37. The Morgan fingerprint density at radius 1 is 1.31 bits per heavy atom. The number of aromatic nitrogens is 2. The van der Waals surface area contributed by atoms with Gasteiger partial charge in [0, 0.05) is 23.8 Å². The molecule has 2 aromatic rings. The average molecular weight is 395 g/mol. The van der Waals surface area contributed by atoms with E-state index in [1.807, 2.05) is 6.92 Å². The van der Waals surface area contributed by atoms with Gasteiger partial charge in [-0.15, -0.1) is 0 Å². The number of benzene rings is 1. The SMILES string of the molecule is Cc1cc(Cl)ccc1NC(=O)c1cnc(N(C)C2CCS(=O)(=O)C2)cn1. The number of anilines is 2. The number of hydrogen-bond acceptors (Lipinski definition) is 6. The zero-order valence-electron chi connectivity index (χ0n) is 14.4. The molecule has 0 aliphatic carbocycles. The maximum absolute atomic E-state index is 12.3.